The number of carbonyl (C=O) groups excluding carboxylic acids is 2. The van der Waals surface area contributed by atoms with E-state index in [1.165, 1.54) is 6.92 Å². The summed E-state index contributed by atoms with van der Waals surface area (Å²) >= 11 is 8.92. The lowest BCUT2D eigenvalue weighted by Crippen LogP contribution is -2.22. The van der Waals surface area contributed by atoms with Crippen LogP contribution in [0.2, 0.25) is 5.02 Å². The Hall–Kier alpha value is -1.07. The number of alkyl halides is 1. The van der Waals surface area contributed by atoms with Gasteiger partial charge in [0, 0.05) is 18.5 Å². The maximum atomic E-state index is 11.2. The van der Waals surface area contributed by atoms with E-state index >= 15 is 0 Å². The van der Waals surface area contributed by atoms with Gasteiger partial charge in [-0.15, -0.1) is 0 Å². The fraction of sp³-hybridized carbons (Fsp3) is 0.333. The van der Waals surface area contributed by atoms with Crippen molar-refractivity contribution in [2.45, 2.75) is 13.3 Å². The third kappa shape index (κ3) is 5.06. The molecule has 0 bridgehead atoms. The van der Waals surface area contributed by atoms with Crippen molar-refractivity contribution >= 4 is 39.4 Å². The minimum Gasteiger partial charge on any atom is -0.426 e. The lowest BCUT2D eigenvalue weighted by molar-refractivity contribution is -0.131. The molecule has 0 aliphatic heterocycles. The Morgan fingerprint density at radius 1 is 1.44 bits per heavy atom. The summed E-state index contributed by atoms with van der Waals surface area (Å²) in [5.41, 5.74) is 0.783. The number of hydrogen-bond donors (Lipinski definition) is 1. The smallest absolute Gasteiger partial charge is 0.321 e. The number of amides is 1. The van der Waals surface area contributed by atoms with Gasteiger partial charge in [-0.1, -0.05) is 27.5 Å². The zero-order valence-electron chi connectivity index (χ0n) is 9.83. The predicted octanol–water partition coefficient (Wildman–Crippen LogP) is 2.32. The first-order valence-corrected chi connectivity index (χ1v) is 6.82. The fourth-order valence-electron chi connectivity index (χ4n) is 1.37. The second kappa shape index (κ2) is 7.38. The molecule has 1 rings (SSSR count). The minimum absolute atomic E-state index is 0.101. The molecule has 0 heterocycles. The van der Waals surface area contributed by atoms with Gasteiger partial charge in [-0.3, -0.25) is 9.59 Å². The van der Waals surface area contributed by atoms with Crippen molar-refractivity contribution in [1.29, 1.82) is 0 Å². The van der Waals surface area contributed by atoms with Gasteiger partial charge in [0.15, 0.2) is 0 Å². The van der Waals surface area contributed by atoms with Crippen LogP contribution in [0.3, 0.4) is 0 Å². The van der Waals surface area contributed by atoms with Crippen molar-refractivity contribution in [2.75, 3.05) is 11.9 Å². The standard InChI is InChI=1S/C12H13BrClNO3/c1-8(16)15-5-4-9-6-10(14)2-3-11(9)18-12(17)7-13/h2-3,6H,4-5,7H2,1H3,(H,15,16). The Balaban J connectivity index is 2.76. The summed E-state index contributed by atoms with van der Waals surface area (Å²) < 4.78 is 5.15. The molecule has 6 heteroatoms. The largest absolute Gasteiger partial charge is 0.426 e. The molecule has 0 atom stereocenters. The molecule has 0 saturated carbocycles. The molecular formula is C12H13BrClNO3. The van der Waals surface area contributed by atoms with Gasteiger partial charge in [0.05, 0.1) is 0 Å². The van der Waals surface area contributed by atoms with E-state index in [-0.39, 0.29) is 17.2 Å². The van der Waals surface area contributed by atoms with Crippen LogP contribution in [-0.4, -0.2) is 23.8 Å². The number of carbonyl (C=O) groups is 2. The van der Waals surface area contributed by atoms with Gasteiger partial charge in [-0.25, -0.2) is 0 Å². The van der Waals surface area contributed by atoms with Crippen molar-refractivity contribution in [3.63, 3.8) is 0 Å². The number of nitrogens with one attached hydrogen (secondary N) is 1. The third-order valence-electron chi connectivity index (χ3n) is 2.12. The Labute approximate surface area is 119 Å². The monoisotopic (exact) mass is 333 g/mol. The molecule has 1 aromatic carbocycles. The van der Waals surface area contributed by atoms with E-state index in [0.29, 0.717) is 23.7 Å². The third-order valence-corrected chi connectivity index (χ3v) is 2.82. The normalized spacial score (nSPS) is 9.94. The Kier molecular flexibility index (Phi) is 6.15. The minimum atomic E-state index is -0.377. The second-order valence-corrected chi connectivity index (χ2v) is 4.59. The van der Waals surface area contributed by atoms with Crippen LogP contribution in [-0.2, 0) is 16.0 Å². The van der Waals surface area contributed by atoms with Gasteiger partial charge in [0.25, 0.3) is 0 Å². The lowest BCUT2D eigenvalue weighted by atomic mass is 10.1. The first-order valence-electron chi connectivity index (χ1n) is 5.32. The summed E-state index contributed by atoms with van der Waals surface area (Å²) in [5, 5.41) is 3.36. The van der Waals surface area contributed by atoms with E-state index in [9.17, 15) is 9.59 Å². The molecule has 0 aliphatic carbocycles. The van der Waals surface area contributed by atoms with Crippen LogP contribution >= 0.6 is 27.5 Å². The maximum Gasteiger partial charge on any atom is 0.321 e. The Morgan fingerprint density at radius 2 is 2.17 bits per heavy atom. The van der Waals surface area contributed by atoms with Crippen LogP contribution in [0.5, 0.6) is 5.75 Å². The number of benzene rings is 1. The zero-order valence-corrected chi connectivity index (χ0v) is 12.2. The van der Waals surface area contributed by atoms with E-state index in [1.807, 2.05) is 0 Å². The fourth-order valence-corrected chi connectivity index (χ4v) is 1.68. The molecule has 0 saturated heterocycles. The summed E-state index contributed by atoms with van der Waals surface area (Å²) in [6.07, 6.45) is 0.547. The predicted molar refractivity (Wildman–Crippen MR) is 73.3 cm³/mol. The van der Waals surface area contributed by atoms with Crippen LogP contribution in [0, 0.1) is 0 Å². The summed E-state index contributed by atoms with van der Waals surface area (Å²) in [4.78, 5) is 22.0. The highest BCUT2D eigenvalue weighted by atomic mass is 79.9. The van der Waals surface area contributed by atoms with Gasteiger partial charge in [-0.05, 0) is 30.2 Å². The average Bonchev–Trinajstić information content (AvgIpc) is 2.31. The molecule has 1 N–H and O–H groups in total. The first-order chi connectivity index (χ1) is 8.52. The Morgan fingerprint density at radius 3 is 2.78 bits per heavy atom. The first kappa shape index (κ1) is 15.0. The van der Waals surface area contributed by atoms with Gasteiger partial charge in [0.1, 0.15) is 11.1 Å². The highest BCUT2D eigenvalue weighted by Crippen LogP contribution is 2.23. The summed E-state index contributed by atoms with van der Waals surface area (Å²) in [6, 6.07) is 5.02. The molecule has 1 aromatic rings. The molecule has 1 amide bonds. The van der Waals surface area contributed by atoms with Crippen LogP contribution < -0.4 is 10.1 Å². The van der Waals surface area contributed by atoms with Crippen LogP contribution in [0.1, 0.15) is 12.5 Å². The van der Waals surface area contributed by atoms with Crippen LogP contribution in [0.4, 0.5) is 0 Å². The van der Waals surface area contributed by atoms with Crippen molar-refractivity contribution in [1.82, 2.24) is 5.32 Å². The average molecular weight is 335 g/mol. The number of rotatable bonds is 5. The van der Waals surface area contributed by atoms with E-state index in [2.05, 4.69) is 21.2 Å². The molecule has 0 fully saturated rings. The number of esters is 1. The van der Waals surface area contributed by atoms with Crippen molar-refractivity contribution in [2.24, 2.45) is 0 Å². The number of ether oxygens (including phenoxy) is 1. The molecule has 18 heavy (non-hydrogen) atoms. The van der Waals surface area contributed by atoms with Crippen molar-refractivity contribution in [3.8, 4) is 5.75 Å². The lowest BCUT2D eigenvalue weighted by Gasteiger charge is -2.10. The van der Waals surface area contributed by atoms with E-state index in [0.717, 1.165) is 5.56 Å². The van der Waals surface area contributed by atoms with Crippen molar-refractivity contribution < 1.29 is 14.3 Å². The summed E-state index contributed by atoms with van der Waals surface area (Å²) in [5.74, 6) is -0.0108. The molecule has 0 aromatic heterocycles. The summed E-state index contributed by atoms with van der Waals surface area (Å²) in [7, 11) is 0. The van der Waals surface area contributed by atoms with Gasteiger partial charge in [0.2, 0.25) is 5.91 Å². The van der Waals surface area contributed by atoms with Crippen molar-refractivity contribution in [3.05, 3.63) is 28.8 Å². The van der Waals surface area contributed by atoms with Gasteiger partial charge < -0.3 is 10.1 Å². The quantitative estimate of drug-likeness (QED) is 0.511. The molecule has 0 radical (unpaired) electrons. The van der Waals surface area contributed by atoms with E-state index in [4.69, 9.17) is 16.3 Å². The zero-order chi connectivity index (χ0) is 13.5. The topological polar surface area (TPSA) is 55.4 Å². The molecule has 0 unspecified atom stereocenters. The summed E-state index contributed by atoms with van der Waals surface area (Å²) in [6.45, 7) is 1.91. The number of hydrogen-bond acceptors (Lipinski definition) is 3. The van der Waals surface area contributed by atoms with Gasteiger partial charge >= 0.3 is 5.97 Å². The molecular weight excluding hydrogens is 321 g/mol. The maximum absolute atomic E-state index is 11.2. The molecule has 4 nitrogen and oxygen atoms in total. The SMILES string of the molecule is CC(=O)NCCc1cc(Cl)ccc1OC(=O)CBr. The Bertz CT molecular complexity index is 451. The van der Waals surface area contributed by atoms with E-state index in [1.54, 1.807) is 18.2 Å². The van der Waals surface area contributed by atoms with Crippen LogP contribution in [0.15, 0.2) is 18.2 Å². The van der Waals surface area contributed by atoms with Crippen LogP contribution in [0.25, 0.3) is 0 Å². The number of halogens is 2. The highest BCUT2D eigenvalue weighted by Gasteiger charge is 2.09. The molecule has 98 valence electrons. The molecule has 0 spiro atoms. The van der Waals surface area contributed by atoms with Gasteiger partial charge in [-0.2, -0.15) is 0 Å². The second-order valence-electron chi connectivity index (χ2n) is 3.59. The highest BCUT2D eigenvalue weighted by molar-refractivity contribution is 9.09. The van der Waals surface area contributed by atoms with E-state index < -0.39 is 0 Å². The molecule has 0 aliphatic rings.